The molecule has 0 fully saturated rings. The Morgan fingerprint density at radius 3 is 2.78 bits per heavy atom. The first-order chi connectivity index (χ1) is 11.1. The minimum absolute atomic E-state index is 0.157. The van der Waals surface area contributed by atoms with Crippen molar-refractivity contribution < 1.29 is 9.36 Å². The van der Waals surface area contributed by atoms with E-state index >= 15 is 0 Å². The van der Waals surface area contributed by atoms with Gasteiger partial charge in [-0.3, -0.25) is 4.79 Å². The topological polar surface area (TPSA) is 37.9 Å². The summed E-state index contributed by atoms with van der Waals surface area (Å²) in [6.07, 6.45) is 3.53. The number of rotatable bonds is 4. The van der Waals surface area contributed by atoms with E-state index in [1.165, 1.54) is 0 Å². The maximum Gasteiger partial charge on any atom is 0.266 e. The number of hydrogen-bond donors (Lipinski definition) is 1. The summed E-state index contributed by atoms with van der Waals surface area (Å²) in [7, 11) is 0. The molecule has 0 saturated carbocycles. The van der Waals surface area contributed by atoms with E-state index < -0.39 is 0 Å². The van der Waals surface area contributed by atoms with Crippen molar-refractivity contribution in [1.29, 1.82) is 0 Å². The first kappa shape index (κ1) is 15.6. The predicted octanol–water partition coefficient (Wildman–Crippen LogP) is 3.97. The van der Waals surface area contributed by atoms with Gasteiger partial charge in [0.25, 0.3) is 5.91 Å². The minimum Gasteiger partial charge on any atom is -0.321 e. The van der Waals surface area contributed by atoms with Crippen molar-refractivity contribution in [3.63, 3.8) is 0 Å². The smallest absolute Gasteiger partial charge is 0.266 e. The van der Waals surface area contributed by atoms with Crippen LogP contribution in [0.4, 0.5) is 5.69 Å². The number of para-hydroxylation sites is 2. The van der Waals surface area contributed by atoms with Gasteiger partial charge in [0, 0.05) is 0 Å². The Bertz CT molecular complexity index is 902. The van der Waals surface area contributed by atoms with Crippen LogP contribution in [0.5, 0.6) is 0 Å². The summed E-state index contributed by atoms with van der Waals surface area (Å²) in [6.45, 7) is 3.94. The fourth-order valence-corrected chi connectivity index (χ4v) is 2.76. The van der Waals surface area contributed by atoms with Gasteiger partial charge in [0.2, 0.25) is 6.33 Å². The van der Waals surface area contributed by atoms with Gasteiger partial charge in [-0.2, -0.15) is 0 Å². The van der Waals surface area contributed by atoms with Gasteiger partial charge in [0.15, 0.2) is 17.6 Å². The van der Waals surface area contributed by atoms with E-state index in [1.54, 1.807) is 24.4 Å². The zero-order valence-electron chi connectivity index (χ0n) is 12.2. The van der Waals surface area contributed by atoms with Crippen LogP contribution >= 0.6 is 23.2 Å². The van der Waals surface area contributed by atoms with Gasteiger partial charge in [-0.25, -0.2) is 9.13 Å². The SMILES string of the molecule is C=Cn1c[n+](CC(=O)Nc2cccc(Cl)c2Cl)c2ccccc21. The van der Waals surface area contributed by atoms with Crippen molar-refractivity contribution in [2.75, 3.05) is 5.32 Å². The highest BCUT2D eigenvalue weighted by Crippen LogP contribution is 2.29. The highest BCUT2D eigenvalue weighted by atomic mass is 35.5. The van der Waals surface area contributed by atoms with Gasteiger partial charge in [-0.1, -0.05) is 48.0 Å². The van der Waals surface area contributed by atoms with E-state index in [-0.39, 0.29) is 12.5 Å². The Kier molecular flexibility index (Phi) is 4.37. The fraction of sp³-hybridized carbons (Fsp3) is 0.0588. The van der Waals surface area contributed by atoms with Crippen molar-refractivity contribution in [3.8, 4) is 0 Å². The standard InChI is InChI=1S/C17H13Cl2N3O/c1-2-21-11-22(15-9-4-3-8-14(15)21)10-16(23)20-13-7-5-6-12(18)17(13)19/h2-9,11H,1,10H2/p+1. The summed E-state index contributed by atoms with van der Waals surface area (Å²) >= 11 is 12.0. The van der Waals surface area contributed by atoms with Gasteiger partial charge < -0.3 is 5.32 Å². The molecule has 0 saturated heterocycles. The highest BCUT2D eigenvalue weighted by Gasteiger charge is 2.17. The van der Waals surface area contributed by atoms with Crippen LogP contribution in [0.1, 0.15) is 0 Å². The second-order valence-corrected chi connectivity index (χ2v) is 5.76. The monoisotopic (exact) mass is 346 g/mol. The molecule has 3 rings (SSSR count). The molecule has 0 bridgehead atoms. The number of nitrogens with zero attached hydrogens (tertiary/aromatic N) is 2. The molecule has 116 valence electrons. The van der Waals surface area contributed by atoms with Crippen LogP contribution in [0.3, 0.4) is 0 Å². The molecular formula is C17H14Cl2N3O+. The zero-order valence-corrected chi connectivity index (χ0v) is 13.7. The Morgan fingerprint density at radius 1 is 1.22 bits per heavy atom. The molecule has 0 radical (unpaired) electrons. The van der Waals surface area contributed by atoms with Crippen molar-refractivity contribution >= 4 is 52.0 Å². The third-order valence-corrected chi connectivity index (χ3v) is 4.29. The number of nitrogens with one attached hydrogen (secondary N) is 1. The number of aromatic nitrogens is 2. The molecule has 1 amide bonds. The molecule has 2 aromatic carbocycles. The molecule has 0 aliphatic heterocycles. The van der Waals surface area contributed by atoms with Crippen LogP contribution < -0.4 is 9.88 Å². The van der Waals surface area contributed by atoms with Crippen molar-refractivity contribution in [1.82, 2.24) is 4.57 Å². The summed E-state index contributed by atoms with van der Waals surface area (Å²) in [4.78, 5) is 12.3. The van der Waals surface area contributed by atoms with Crippen LogP contribution in [-0.2, 0) is 11.3 Å². The predicted molar refractivity (Wildman–Crippen MR) is 93.6 cm³/mol. The molecule has 0 aliphatic rings. The number of carbonyl (C=O) groups excluding carboxylic acids is 1. The van der Waals surface area contributed by atoms with E-state index in [0.717, 1.165) is 11.0 Å². The van der Waals surface area contributed by atoms with Crippen LogP contribution in [0.15, 0.2) is 55.4 Å². The Morgan fingerprint density at radius 2 is 2.00 bits per heavy atom. The fourth-order valence-electron chi connectivity index (χ4n) is 2.42. The molecule has 1 N–H and O–H groups in total. The van der Waals surface area contributed by atoms with Gasteiger partial charge in [0.1, 0.15) is 0 Å². The molecule has 0 unspecified atom stereocenters. The largest absolute Gasteiger partial charge is 0.321 e. The molecular weight excluding hydrogens is 333 g/mol. The maximum absolute atomic E-state index is 12.3. The zero-order chi connectivity index (χ0) is 16.4. The molecule has 6 heteroatoms. The molecule has 1 heterocycles. The van der Waals surface area contributed by atoms with Crippen LogP contribution in [0, 0.1) is 0 Å². The normalized spacial score (nSPS) is 10.7. The average molecular weight is 347 g/mol. The van der Waals surface area contributed by atoms with Crippen LogP contribution in [0.2, 0.25) is 10.0 Å². The molecule has 0 spiro atoms. The first-order valence-corrected chi connectivity index (χ1v) is 7.71. The summed E-state index contributed by atoms with van der Waals surface area (Å²) < 4.78 is 3.72. The molecule has 0 atom stereocenters. The number of anilines is 1. The lowest BCUT2D eigenvalue weighted by Crippen LogP contribution is -2.39. The Balaban J connectivity index is 1.86. The van der Waals surface area contributed by atoms with Crippen LogP contribution in [0.25, 0.3) is 17.2 Å². The van der Waals surface area contributed by atoms with Gasteiger partial charge in [0.05, 0.1) is 21.9 Å². The summed E-state index contributed by atoms with van der Waals surface area (Å²) in [5.41, 5.74) is 2.42. The lowest BCUT2D eigenvalue weighted by molar-refractivity contribution is -0.658. The molecule has 1 aromatic heterocycles. The molecule has 0 aliphatic carbocycles. The van der Waals surface area contributed by atoms with E-state index in [1.807, 2.05) is 39.7 Å². The third-order valence-electron chi connectivity index (χ3n) is 3.47. The maximum atomic E-state index is 12.3. The number of fused-ring (bicyclic) bond motifs is 1. The molecule has 4 nitrogen and oxygen atoms in total. The second kappa shape index (κ2) is 6.44. The number of halogens is 2. The van der Waals surface area contributed by atoms with E-state index in [9.17, 15) is 4.79 Å². The summed E-state index contributed by atoms with van der Waals surface area (Å²) in [5, 5.41) is 3.52. The number of carbonyl (C=O) groups is 1. The lowest BCUT2D eigenvalue weighted by Gasteiger charge is -2.07. The number of amides is 1. The first-order valence-electron chi connectivity index (χ1n) is 6.95. The highest BCUT2D eigenvalue weighted by molar-refractivity contribution is 6.43. The van der Waals surface area contributed by atoms with Gasteiger partial charge >= 0.3 is 0 Å². The molecule has 3 aromatic rings. The number of hydrogen-bond acceptors (Lipinski definition) is 1. The van der Waals surface area contributed by atoms with Crippen molar-refractivity contribution in [2.45, 2.75) is 6.54 Å². The van der Waals surface area contributed by atoms with E-state index in [4.69, 9.17) is 23.2 Å². The number of imidazole rings is 1. The Hall–Kier alpha value is -2.30. The number of benzene rings is 2. The quantitative estimate of drug-likeness (QED) is 0.713. The van der Waals surface area contributed by atoms with Gasteiger partial charge in [-0.05, 0) is 24.3 Å². The van der Waals surface area contributed by atoms with E-state index in [0.29, 0.717) is 15.7 Å². The lowest BCUT2D eigenvalue weighted by atomic mass is 10.3. The second-order valence-electron chi connectivity index (χ2n) is 4.97. The van der Waals surface area contributed by atoms with Crippen LogP contribution in [-0.4, -0.2) is 10.5 Å². The van der Waals surface area contributed by atoms with Crippen molar-refractivity contribution in [2.24, 2.45) is 0 Å². The molecule has 23 heavy (non-hydrogen) atoms. The third kappa shape index (κ3) is 3.09. The van der Waals surface area contributed by atoms with E-state index in [2.05, 4.69) is 11.9 Å². The van der Waals surface area contributed by atoms with Crippen molar-refractivity contribution in [3.05, 3.63) is 65.4 Å². The minimum atomic E-state index is -0.189. The average Bonchev–Trinajstić information content (AvgIpc) is 2.90. The van der Waals surface area contributed by atoms with Gasteiger partial charge in [-0.15, -0.1) is 0 Å². The summed E-state index contributed by atoms with van der Waals surface area (Å²) in [5.74, 6) is -0.189. The summed E-state index contributed by atoms with van der Waals surface area (Å²) in [6, 6.07) is 12.9. The Labute approximate surface area is 143 Å².